The molecule has 0 fully saturated rings. The number of carbonyl (C=O) groups is 2. The smallest absolute Gasteiger partial charge is 0.269 e. The predicted octanol–water partition coefficient (Wildman–Crippen LogP) is 3.70. The number of hydrogen-bond acceptors (Lipinski definition) is 7. The van der Waals surface area contributed by atoms with E-state index in [0.717, 1.165) is 27.1 Å². The highest BCUT2D eigenvalue weighted by atomic mass is 32.1. The molecule has 35 heavy (non-hydrogen) atoms. The molecule has 3 heterocycles. The summed E-state index contributed by atoms with van der Waals surface area (Å²) in [6.07, 6.45) is 3.88. The van der Waals surface area contributed by atoms with E-state index in [9.17, 15) is 9.59 Å². The van der Waals surface area contributed by atoms with Gasteiger partial charge in [-0.2, -0.15) is 0 Å². The second-order valence-corrected chi connectivity index (χ2v) is 8.84. The highest BCUT2D eigenvalue weighted by Gasteiger charge is 2.10. The number of pyridine rings is 1. The average Bonchev–Trinajstić information content (AvgIpc) is 3.49. The number of ether oxygens (including phenoxy) is 1. The second kappa shape index (κ2) is 9.82. The third-order valence-corrected chi connectivity index (χ3v) is 6.23. The number of amides is 2. The van der Waals surface area contributed by atoms with E-state index in [4.69, 9.17) is 4.74 Å². The molecule has 0 aliphatic heterocycles. The van der Waals surface area contributed by atoms with Gasteiger partial charge in [-0.1, -0.05) is 29.5 Å². The van der Waals surface area contributed by atoms with Crippen LogP contribution in [0.4, 0.5) is 5.13 Å². The number of nitrogens with one attached hydrogen (secondary N) is 3. The fraction of sp³-hybridized carbons (Fsp3) is 0.120. The lowest BCUT2D eigenvalue weighted by Gasteiger charge is -2.09. The van der Waals surface area contributed by atoms with Crippen LogP contribution in [-0.4, -0.2) is 32.7 Å². The van der Waals surface area contributed by atoms with Crippen molar-refractivity contribution in [1.82, 2.24) is 25.2 Å². The molecule has 0 aliphatic rings. The highest BCUT2D eigenvalue weighted by molar-refractivity contribution is 7.22. The number of rotatable bonds is 7. The van der Waals surface area contributed by atoms with Gasteiger partial charge in [0, 0.05) is 18.0 Å². The van der Waals surface area contributed by atoms with Crippen molar-refractivity contribution < 1.29 is 14.3 Å². The van der Waals surface area contributed by atoms with E-state index >= 15 is 0 Å². The maximum absolute atomic E-state index is 12.4. The molecule has 0 aliphatic carbocycles. The van der Waals surface area contributed by atoms with Crippen LogP contribution < -0.4 is 20.9 Å². The number of nitrogens with zero attached hydrogens (tertiary/aromatic N) is 3. The molecule has 2 aromatic carbocycles. The molecule has 0 unspecified atom stereocenters. The van der Waals surface area contributed by atoms with Crippen LogP contribution >= 0.6 is 11.3 Å². The van der Waals surface area contributed by atoms with Gasteiger partial charge >= 0.3 is 0 Å². The molecular formula is C25H22N6O3S. The lowest BCUT2D eigenvalue weighted by atomic mass is 10.2. The Hall–Kier alpha value is -4.44. The number of fused-ring (bicyclic) bond motifs is 2. The van der Waals surface area contributed by atoms with E-state index in [1.165, 1.54) is 11.3 Å². The Balaban J connectivity index is 1.09. The summed E-state index contributed by atoms with van der Waals surface area (Å²) >= 11 is 1.46. The normalized spacial score (nSPS) is 10.9. The molecule has 10 heteroatoms. The van der Waals surface area contributed by atoms with Gasteiger partial charge in [-0.25, -0.2) is 9.97 Å². The topological polar surface area (TPSA) is 110 Å². The van der Waals surface area contributed by atoms with Gasteiger partial charge in [0.2, 0.25) is 0 Å². The zero-order valence-corrected chi connectivity index (χ0v) is 19.6. The maximum atomic E-state index is 12.4. The third kappa shape index (κ3) is 5.22. The Morgan fingerprint density at radius 3 is 2.63 bits per heavy atom. The Morgan fingerprint density at radius 1 is 1.00 bits per heavy atom. The van der Waals surface area contributed by atoms with Crippen LogP contribution in [0.5, 0.6) is 5.75 Å². The molecule has 0 saturated carbocycles. The van der Waals surface area contributed by atoms with Gasteiger partial charge < -0.3 is 14.5 Å². The van der Waals surface area contributed by atoms with Crippen molar-refractivity contribution in [2.45, 2.75) is 13.5 Å². The van der Waals surface area contributed by atoms with Crippen LogP contribution in [0.1, 0.15) is 21.6 Å². The summed E-state index contributed by atoms with van der Waals surface area (Å²) in [5, 5.41) is 3.61. The number of aryl methyl sites for hydroxylation is 1. The van der Waals surface area contributed by atoms with Gasteiger partial charge in [-0.15, -0.1) is 0 Å². The van der Waals surface area contributed by atoms with Crippen molar-refractivity contribution in [1.29, 1.82) is 0 Å². The number of carbonyl (C=O) groups excluding carboxylic acids is 2. The Labute approximate surface area is 204 Å². The molecule has 2 amide bonds. The molecular weight excluding hydrogens is 464 g/mol. The SMILES string of the molecule is Cc1cccn2cc(COc3ccc(C(=O)NNC(=O)CNc4nc5ccccc5s4)cc3)nc12. The molecule has 0 bridgehead atoms. The summed E-state index contributed by atoms with van der Waals surface area (Å²) in [5.41, 5.74) is 8.87. The number of hydrogen-bond donors (Lipinski definition) is 3. The Kier molecular flexibility index (Phi) is 6.27. The number of imidazole rings is 1. The molecule has 5 rings (SSSR count). The molecule has 0 spiro atoms. The third-order valence-electron chi connectivity index (χ3n) is 5.24. The number of benzene rings is 2. The van der Waals surface area contributed by atoms with Crippen LogP contribution in [0.25, 0.3) is 15.9 Å². The van der Waals surface area contributed by atoms with Gasteiger partial charge in [0.1, 0.15) is 18.0 Å². The molecule has 5 aromatic rings. The minimum absolute atomic E-state index is 0.0184. The summed E-state index contributed by atoms with van der Waals surface area (Å²) in [6.45, 7) is 2.30. The predicted molar refractivity (Wildman–Crippen MR) is 134 cm³/mol. The van der Waals surface area contributed by atoms with Crippen molar-refractivity contribution in [2.24, 2.45) is 0 Å². The van der Waals surface area contributed by atoms with Crippen LogP contribution in [0, 0.1) is 6.92 Å². The number of anilines is 1. The van der Waals surface area contributed by atoms with Gasteiger partial charge in [0.15, 0.2) is 5.13 Å². The number of aromatic nitrogens is 3. The average molecular weight is 487 g/mol. The first-order valence-corrected chi connectivity index (χ1v) is 11.7. The summed E-state index contributed by atoms with van der Waals surface area (Å²) < 4.78 is 8.79. The van der Waals surface area contributed by atoms with Crippen LogP contribution in [0.3, 0.4) is 0 Å². The van der Waals surface area contributed by atoms with E-state index in [-0.39, 0.29) is 12.5 Å². The van der Waals surface area contributed by atoms with Crippen LogP contribution in [0.15, 0.2) is 73.1 Å². The fourth-order valence-electron chi connectivity index (χ4n) is 3.48. The number of para-hydroxylation sites is 1. The zero-order valence-electron chi connectivity index (χ0n) is 18.8. The summed E-state index contributed by atoms with van der Waals surface area (Å²) in [6, 6.07) is 18.4. The molecule has 9 nitrogen and oxygen atoms in total. The van der Waals surface area contributed by atoms with Crippen molar-refractivity contribution in [3.63, 3.8) is 0 Å². The highest BCUT2D eigenvalue weighted by Crippen LogP contribution is 2.25. The van der Waals surface area contributed by atoms with Crippen molar-refractivity contribution in [3.8, 4) is 5.75 Å². The van der Waals surface area contributed by atoms with Crippen LogP contribution in [-0.2, 0) is 11.4 Å². The molecule has 0 radical (unpaired) electrons. The largest absolute Gasteiger partial charge is 0.487 e. The molecule has 3 N–H and O–H groups in total. The molecule has 3 aromatic heterocycles. The Morgan fingerprint density at radius 2 is 1.83 bits per heavy atom. The van der Waals surface area contributed by atoms with E-state index < -0.39 is 5.91 Å². The summed E-state index contributed by atoms with van der Waals surface area (Å²) in [7, 11) is 0. The van der Waals surface area contributed by atoms with Crippen molar-refractivity contribution in [2.75, 3.05) is 11.9 Å². The lowest BCUT2D eigenvalue weighted by molar-refractivity contribution is -0.120. The van der Waals surface area contributed by atoms with Gasteiger partial charge in [0.25, 0.3) is 11.8 Å². The van der Waals surface area contributed by atoms with Crippen LogP contribution in [0.2, 0.25) is 0 Å². The fourth-order valence-corrected chi connectivity index (χ4v) is 4.34. The van der Waals surface area contributed by atoms with Crippen molar-refractivity contribution in [3.05, 3.63) is 89.9 Å². The second-order valence-electron chi connectivity index (χ2n) is 7.81. The standard InChI is InChI=1S/C25H22N6O3S/c1-16-5-4-12-31-14-18(27-23(16)31)15-34-19-10-8-17(9-11-19)24(33)30-29-22(32)13-26-25-28-20-6-2-3-7-21(20)35-25/h2-12,14H,13,15H2,1H3,(H,26,28)(H,29,32)(H,30,33). The molecule has 0 saturated heterocycles. The zero-order chi connectivity index (χ0) is 24.2. The van der Waals surface area contributed by atoms with Gasteiger partial charge in [0.05, 0.1) is 22.5 Å². The first kappa shape index (κ1) is 22.4. The first-order valence-electron chi connectivity index (χ1n) is 10.9. The monoisotopic (exact) mass is 486 g/mol. The number of hydrazine groups is 1. The molecule has 176 valence electrons. The quantitative estimate of drug-likeness (QED) is 0.303. The lowest BCUT2D eigenvalue weighted by Crippen LogP contribution is -2.44. The Bertz CT molecular complexity index is 1480. The summed E-state index contributed by atoms with van der Waals surface area (Å²) in [4.78, 5) is 33.4. The van der Waals surface area contributed by atoms with E-state index in [0.29, 0.717) is 23.1 Å². The molecule has 0 atom stereocenters. The number of thiazole rings is 1. The summed E-state index contributed by atoms with van der Waals surface area (Å²) in [5.74, 6) is -0.208. The minimum atomic E-state index is -0.430. The van der Waals surface area contributed by atoms with Crippen molar-refractivity contribution >= 4 is 44.1 Å². The van der Waals surface area contributed by atoms with Gasteiger partial charge in [-0.05, 0) is 55.0 Å². The van der Waals surface area contributed by atoms with E-state index in [1.54, 1.807) is 24.3 Å². The van der Waals surface area contributed by atoms with E-state index in [2.05, 4.69) is 26.1 Å². The van der Waals surface area contributed by atoms with Gasteiger partial charge in [-0.3, -0.25) is 20.4 Å². The van der Waals surface area contributed by atoms with E-state index in [1.807, 2.05) is 60.1 Å². The maximum Gasteiger partial charge on any atom is 0.269 e. The minimum Gasteiger partial charge on any atom is -0.487 e. The first-order chi connectivity index (χ1) is 17.0.